The molecule has 0 aliphatic rings. The van der Waals surface area contributed by atoms with Gasteiger partial charge in [-0.05, 0) is 18.6 Å². The van der Waals surface area contributed by atoms with Gasteiger partial charge in [-0.25, -0.2) is 4.79 Å². The van der Waals surface area contributed by atoms with Crippen LogP contribution in [0.4, 0.5) is 0 Å². The Kier molecular flexibility index (Phi) is 4.30. The zero-order chi connectivity index (χ0) is 14.5. The van der Waals surface area contributed by atoms with Crippen LogP contribution in [0.1, 0.15) is 23.7 Å². The molecule has 20 heavy (non-hydrogen) atoms. The average molecular weight is 272 g/mol. The highest BCUT2D eigenvalue weighted by molar-refractivity contribution is 5.99. The minimum atomic E-state index is -0.640. The number of ether oxygens (including phenoxy) is 1. The summed E-state index contributed by atoms with van der Waals surface area (Å²) in [5.74, 6) is -0.782. The number of pyridine rings is 1. The van der Waals surface area contributed by atoms with E-state index in [0.717, 1.165) is 10.9 Å². The maximum Gasteiger partial charge on any atom is 0.328 e. The third-order valence-corrected chi connectivity index (χ3v) is 3.05. The zero-order valence-electron chi connectivity index (χ0n) is 11.4. The average Bonchev–Trinajstić information content (AvgIpc) is 2.51. The van der Waals surface area contributed by atoms with Gasteiger partial charge in [0.15, 0.2) is 0 Å². The van der Waals surface area contributed by atoms with Crippen LogP contribution in [-0.2, 0) is 9.53 Å². The first-order valence-corrected chi connectivity index (χ1v) is 6.39. The van der Waals surface area contributed by atoms with Crippen LogP contribution < -0.4 is 5.32 Å². The van der Waals surface area contributed by atoms with E-state index in [9.17, 15) is 9.59 Å². The molecule has 0 bridgehead atoms. The molecule has 1 aromatic heterocycles. The van der Waals surface area contributed by atoms with Crippen molar-refractivity contribution in [2.24, 2.45) is 0 Å². The molecule has 0 saturated carbocycles. The lowest BCUT2D eigenvalue weighted by Crippen LogP contribution is -2.41. The quantitative estimate of drug-likeness (QED) is 0.863. The number of benzene rings is 1. The number of carbonyl (C=O) groups is 2. The van der Waals surface area contributed by atoms with Gasteiger partial charge >= 0.3 is 5.97 Å². The van der Waals surface area contributed by atoms with Gasteiger partial charge in [0.25, 0.3) is 5.91 Å². The summed E-state index contributed by atoms with van der Waals surface area (Å²) < 4.78 is 4.64. The predicted octanol–water partition coefficient (Wildman–Crippen LogP) is 1.92. The number of aromatic nitrogens is 1. The second-order valence-electron chi connectivity index (χ2n) is 4.37. The number of amides is 1. The predicted molar refractivity (Wildman–Crippen MR) is 75.3 cm³/mol. The molecule has 5 heteroatoms. The smallest absolute Gasteiger partial charge is 0.328 e. The minimum absolute atomic E-state index is 0.333. The van der Waals surface area contributed by atoms with Crippen molar-refractivity contribution in [1.82, 2.24) is 10.3 Å². The molecule has 1 aromatic carbocycles. The topological polar surface area (TPSA) is 68.3 Å². The fraction of sp³-hybridized carbons (Fsp3) is 0.267. The number of methoxy groups -OCH3 is 1. The third-order valence-electron chi connectivity index (χ3n) is 3.05. The summed E-state index contributed by atoms with van der Waals surface area (Å²) in [5.41, 5.74) is 1.25. The molecule has 1 atom stereocenters. The van der Waals surface area contributed by atoms with Crippen molar-refractivity contribution in [1.29, 1.82) is 0 Å². The van der Waals surface area contributed by atoms with E-state index in [1.165, 1.54) is 13.3 Å². The maximum absolute atomic E-state index is 12.1. The lowest BCUT2D eigenvalue weighted by molar-refractivity contribution is -0.142. The summed E-state index contributed by atoms with van der Waals surface area (Å²) in [5, 5.41) is 3.53. The Morgan fingerprint density at radius 2 is 2.10 bits per heavy atom. The number of carbonyl (C=O) groups excluding carboxylic acids is 2. The van der Waals surface area contributed by atoms with E-state index >= 15 is 0 Å². The first-order valence-electron chi connectivity index (χ1n) is 6.39. The van der Waals surface area contributed by atoms with Gasteiger partial charge in [-0.3, -0.25) is 9.78 Å². The molecule has 0 saturated heterocycles. The summed E-state index contributed by atoms with van der Waals surface area (Å²) in [7, 11) is 1.30. The summed E-state index contributed by atoms with van der Waals surface area (Å²) >= 11 is 0. The molecule has 0 aliphatic carbocycles. The lowest BCUT2D eigenvalue weighted by atomic mass is 10.1. The molecule has 1 heterocycles. The van der Waals surface area contributed by atoms with E-state index in [-0.39, 0.29) is 5.91 Å². The first kappa shape index (κ1) is 14.0. The fourth-order valence-electron chi connectivity index (χ4n) is 1.91. The van der Waals surface area contributed by atoms with Gasteiger partial charge < -0.3 is 10.1 Å². The highest BCUT2D eigenvalue weighted by atomic mass is 16.5. The van der Waals surface area contributed by atoms with E-state index in [1.807, 2.05) is 24.3 Å². The van der Waals surface area contributed by atoms with Crippen molar-refractivity contribution in [3.8, 4) is 0 Å². The van der Waals surface area contributed by atoms with Crippen LogP contribution in [0.2, 0.25) is 0 Å². The van der Waals surface area contributed by atoms with Crippen molar-refractivity contribution in [2.75, 3.05) is 7.11 Å². The van der Waals surface area contributed by atoms with E-state index in [0.29, 0.717) is 12.0 Å². The van der Waals surface area contributed by atoms with Gasteiger partial charge in [0.2, 0.25) is 0 Å². The Bertz CT molecular complexity index is 640. The largest absolute Gasteiger partial charge is 0.467 e. The SMILES string of the molecule is CC[C@@H](NC(=O)c1cnc2ccccc2c1)C(=O)OC. The highest BCUT2D eigenvalue weighted by Gasteiger charge is 2.20. The van der Waals surface area contributed by atoms with Crippen LogP contribution in [0.25, 0.3) is 10.9 Å². The summed E-state index contributed by atoms with van der Waals surface area (Å²) in [4.78, 5) is 27.8. The number of nitrogens with one attached hydrogen (secondary N) is 1. The molecule has 104 valence electrons. The monoisotopic (exact) mass is 272 g/mol. The summed E-state index contributed by atoms with van der Waals surface area (Å²) in [6.07, 6.45) is 1.97. The molecule has 5 nitrogen and oxygen atoms in total. The van der Waals surface area contributed by atoms with Gasteiger partial charge in [-0.1, -0.05) is 25.1 Å². The van der Waals surface area contributed by atoms with E-state index in [2.05, 4.69) is 15.0 Å². The van der Waals surface area contributed by atoms with Crippen molar-refractivity contribution in [3.63, 3.8) is 0 Å². The van der Waals surface area contributed by atoms with Crippen LogP contribution in [0.3, 0.4) is 0 Å². The molecule has 0 radical (unpaired) electrons. The van der Waals surface area contributed by atoms with Gasteiger partial charge in [0, 0.05) is 11.6 Å². The van der Waals surface area contributed by atoms with E-state index in [4.69, 9.17) is 0 Å². The Balaban J connectivity index is 2.20. The van der Waals surface area contributed by atoms with Crippen molar-refractivity contribution in [2.45, 2.75) is 19.4 Å². The Morgan fingerprint density at radius 1 is 1.35 bits per heavy atom. The van der Waals surface area contributed by atoms with E-state index < -0.39 is 12.0 Å². The lowest BCUT2D eigenvalue weighted by Gasteiger charge is -2.14. The number of nitrogens with zero attached hydrogens (tertiary/aromatic N) is 1. The number of fused-ring (bicyclic) bond motifs is 1. The second kappa shape index (κ2) is 6.14. The fourth-order valence-corrected chi connectivity index (χ4v) is 1.91. The highest BCUT2D eigenvalue weighted by Crippen LogP contribution is 2.12. The number of hydrogen-bond acceptors (Lipinski definition) is 4. The summed E-state index contributed by atoms with van der Waals surface area (Å²) in [6.45, 7) is 1.81. The Hall–Kier alpha value is -2.43. The van der Waals surface area contributed by atoms with Crippen LogP contribution in [-0.4, -0.2) is 30.0 Å². The standard InChI is InChI=1S/C15H16N2O3/c1-3-12(15(19)20-2)17-14(18)11-8-10-6-4-5-7-13(10)16-9-11/h4-9,12H,3H2,1-2H3,(H,17,18)/t12-/m1/s1. The molecule has 2 rings (SSSR count). The third kappa shape index (κ3) is 2.93. The molecule has 0 spiro atoms. The summed E-state index contributed by atoms with van der Waals surface area (Å²) in [6, 6.07) is 8.65. The van der Waals surface area contributed by atoms with Crippen molar-refractivity contribution < 1.29 is 14.3 Å². The van der Waals surface area contributed by atoms with Crippen LogP contribution >= 0.6 is 0 Å². The van der Waals surface area contributed by atoms with Gasteiger partial charge in [-0.2, -0.15) is 0 Å². The van der Waals surface area contributed by atoms with Crippen LogP contribution in [0, 0.1) is 0 Å². The molecule has 1 N–H and O–H groups in total. The van der Waals surface area contributed by atoms with Crippen LogP contribution in [0.15, 0.2) is 36.5 Å². The zero-order valence-corrected chi connectivity index (χ0v) is 11.4. The molecule has 2 aromatic rings. The number of para-hydroxylation sites is 1. The maximum atomic E-state index is 12.1. The van der Waals surface area contributed by atoms with Gasteiger partial charge in [0.1, 0.15) is 6.04 Å². The van der Waals surface area contributed by atoms with Crippen molar-refractivity contribution >= 4 is 22.8 Å². The second-order valence-corrected chi connectivity index (χ2v) is 4.37. The normalized spacial score (nSPS) is 11.9. The van der Waals surface area contributed by atoms with Crippen molar-refractivity contribution in [3.05, 3.63) is 42.1 Å². The van der Waals surface area contributed by atoms with Gasteiger partial charge in [-0.15, -0.1) is 0 Å². The Labute approximate surface area is 117 Å². The minimum Gasteiger partial charge on any atom is -0.467 e. The molecular weight excluding hydrogens is 256 g/mol. The number of rotatable bonds is 4. The van der Waals surface area contributed by atoms with Gasteiger partial charge in [0.05, 0.1) is 18.2 Å². The Morgan fingerprint density at radius 3 is 2.80 bits per heavy atom. The van der Waals surface area contributed by atoms with Crippen LogP contribution in [0.5, 0.6) is 0 Å². The molecule has 0 unspecified atom stereocenters. The first-order chi connectivity index (χ1) is 9.65. The molecule has 0 aliphatic heterocycles. The molecule has 1 amide bonds. The van der Waals surface area contributed by atoms with E-state index in [1.54, 1.807) is 13.0 Å². The molecular formula is C15H16N2O3. The number of esters is 1. The molecule has 0 fully saturated rings. The number of hydrogen-bond donors (Lipinski definition) is 1.